The first-order valence-electron chi connectivity index (χ1n) is 17.3. The first-order valence-corrected chi connectivity index (χ1v) is 21.2. The van der Waals surface area contributed by atoms with Crippen molar-refractivity contribution in [2.45, 2.75) is 126 Å². The van der Waals surface area contributed by atoms with Crippen molar-refractivity contribution in [2.75, 3.05) is 0 Å². The van der Waals surface area contributed by atoms with Gasteiger partial charge in [-0.1, -0.05) is 0 Å². The Morgan fingerprint density at radius 3 is 1.76 bits per heavy atom. The molecule has 0 amide bonds. The molecule has 0 N–H and O–H groups in total. The predicted molar refractivity (Wildman–Crippen MR) is 196 cm³/mol. The Balaban J connectivity index is 1.83. The van der Waals surface area contributed by atoms with Crippen LogP contribution in [-0.2, 0) is 43.9 Å². The van der Waals surface area contributed by atoms with E-state index in [0.29, 0.717) is 5.92 Å². The molecule has 2 aliphatic rings. The van der Waals surface area contributed by atoms with Gasteiger partial charge in [-0.05, 0) is 0 Å². The summed E-state index contributed by atoms with van der Waals surface area (Å²) in [6.45, 7) is 33.2. The van der Waals surface area contributed by atoms with Crippen LogP contribution >= 0.6 is 0 Å². The SMILES string of the molecule is CCC1=[C](/[Zr](=[CH]/c2ccc(C(C)(C)C)cc2)[c]2cc(C(C)(C)C)cc3c2Cc2ccc(C(C)(C)C)cc2-3)C(C)C=C1C(C)(C)C. The molecule has 1 unspecified atom stereocenters. The van der Waals surface area contributed by atoms with E-state index in [1.807, 2.05) is 0 Å². The van der Waals surface area contributed by atoms with E-state index in [4.69, 9.17) is 0 Å². The minimum atomic E-state index is -2.62. The van der Waals surface area contributed by atoms with E-state index in [1.54, 1.807) is 23.3 Å². The van der Waals surface area contributed by atoms with Gasteiger partial charge in [-0.2, -0.15) is 0 Å². The molecule has 0 heterocycles. The summed E-state index contributed by atoms with van der Waals surface area (Å²) in [6, 6.07) is 22.1. The van der Waals surface area contributed by atoms with Gasteiger partial charge < -0.3 is 0 Å². The van der Waals surface area contributed by atoms with Crippen LogP contribution in [0.3, 0.4) is 0 Å². The molecule has 0 saturated carbocycles. The molecule has 45 heavy (non-hydrogen) atoms. The van der Waals surface area contributed by atoms with Gasteiger partial charge in [0.2, 0.25) is 0 Å². The van der Waals surface area contributed by atoms with Crippen molar-refractivity contribution in [3.63, 3.8) is 0 Å². The second-order valence-electron chi connectivity index (χ2n) is 17.9. The zero-order valence-electron chi connectivity index (χ0n) is 30.8. The summed E-state index contributed by atoms with van der Waals surface area (Å²) >= 11 is -2.62. The standard InChI is InChI=1S/C21H25.C12H19.C11H14.Zr/c1-20(2,3)16-9-7-14-11-15-8-10-17(21(4,5)6)13-19(15)18(14)12-16;1-6-10-7-9(2)8-11(10)12(3,4)5;1-9-5-7-10(8-6-9)11(2,3)4;/h7,9-10,12-13H,11H2,1-6H3;8-9H,6H2,1-5H3;1,5-8H,2-4H3;. The summed E-state index contributed by atoms with van der Waals surface area (Å²) in [6.07, 6.45) is 4.79. The van der Waals surface area contributed by atoms with E-state index >= 15 is 0 Å². The molecular formula is C44H58Zr. The van der Waals surface area contributed by atoms with Gasteiger partial charge in [0.25, 0.3) is 0 Å². The average Bonchev–Trinajstić information content (AvgIpc) is 3.47. The van der Waals surface area contributed by atoms with Gasteiger partial charge in [0, 0.05) is 0 Å². The molecule has 0 fully saturated rings. The molecule has 0 spiro atoms. The maximum absolute atomic E-state index is 2.79. The molecule has 5 rings (SSSR count). The van der Waals surface area contributed by atoms with Crippen molar-refractivity contribution in [3.8, 4) is 11.1 Å². The molecule has 1 atom stereocenters. The Kier molecular flexibility index (Phi) is 9.01. The summed E-state index contributed by atoms with van der Waals surface area (Å²) in [4.78, 5) is 0. The molecule has 0 bridgehead atoms. The molecular weight excluding hydrogens is 620 g/mol. The Morgan fingerprint density at radius 1 is 0.667 bits per heavy atom. The summed E-state index contributed by atoms with van der Waals surface area (Å²) in [5.74, 6) is 0.485. The van der Waals surface area contributed by atoms with Crippen molar-refractivity contribution in [2.24, 2.45) is 11.3 Å². The summed E-state index contributed by atoms with van der Waals surface area (Å²) in [5, 5.41) is 0. The van der Waals surface area contributed by atoms with E-state index in [0.717, 1.165) is 12.8 Å². The monoisotopic (exact) mass is 676 g/mol. The van der Waals surface area contributed by atoms with E-state index < -0.39 is 21.3 Å². The fraction of sp³-hybridized carbons (Fsp3) is 0.477. The number of rotatable bonds is 4. The van der Waals surface area contributed by atoms with Crippen LogP contribution in [-0.4, -0.2) is 3.71 Å². The Bertz CT molecular complexity index is 1710. The second-order valence-corrected chi connectivity index (χ2v) is 23.3. The van der Waals surface area contributed by atoms with E-state index in [9.17, 15) is 0 Å². The Hall–Kier alpha value is -2.11. The molecule has 3 aromatic carbocycles. The van der Waals surface area contributed by atoms with Crippen LogP contribution in [0.5, 0.6) is 0 Å². The summed E-state index contributed by atoms with van der Waals surface area (Å²) in [7, 11) is 0. The second kappa shape index (κ2) is 11.8. The first-order chi connectivity index (χ1) is 20.7. The van der Waals surface area contributed by atoms with Crippen molar-refractivity contribution in [3.05, 3.63) is 108 Å². The van der Waals surface area contributed by atoms with E-state index in [2.05, 4.69) is 161 Å². The van der Waals surface area contributed by atoms with Crippen molar-refractivity contribution >= 4 is 6.98 Å². The molecule has 238 valence electrons. The third-order valence-electron chi connectivity index (χ3n) is 10.1. The van der Waals surface area contributed by atoms with Gasteiger partial charge in [-0.25, -0.2) is 0 Å². The van der Waals surface area contributed by atoms with Crippen molar-refractivity contribution < 1.29 is 21.3 Å². The predicted octanol–water partition coefficient (Wildman–Crippen LogP) is 11.5. The third kappa shape index (κ3) is 6.82. The fourth-order valence-electron chi connectivity index (χ4n) is 7.31. The van der Waals surface area contributed by atoms with Crippen LogP contribution in [0, 0.1) is 11.3 Å². The molecule has 0 nitrogen and oxygen atoms in total. The Labute approximate surface area is 283 Å². The zero-order chi connectivity index (χ0) is 33.3. The van der Waals surface area contributed by atoms with Gasteiger partial charge in [0.15, 0.2) is 0 Å². The number of hydrogen-bond acceptors (Lipinski definition) is 0. The minimum absolute atomic E-state index is 0.0782. The van der Waals surface area contributed by atoms with Gasteiger partial charge >= 0.3 is 285 Å². The number of fused-ring (bicyclic) bond motifs is 3. The molecule has 0 aromatic heterocycles. The zero-order valence-corrected chi connectivity index (χ0v) is 33.3. The summed E-state index contributed by atoms with van der Waals surface area (Å²) < 4.78 is 6.29. The topological polar surface area (TPSA) is 0 Å². The normalized spacial score (nSPS) is 17.5. The van der Waals surface area contributed by atoms with Crippen LogP contribution < -0.4 is 3.27 Å². The number of hydrogen-bond donors (Lipinski definition) is 0. The van der Waals surface area contributed by atoms with Crippen LogP contribution in [0.15, 0.2) is 75.1 Å². The van der Waals surface area contributed by atoms with Gasteiger partial charge in [-0.15, -0.1) is 0 Å². The fourth-order valence-corrected chi connectivity index (χ4v) is 15.2. The van der Waals surface area contributed by atoms with E-state index in [-0.39, 0.29) is 21.7 Å². The third-order valence-corrected chi connectivity index (χ3v) is 17.4. The van der Waals surface area contributed by atoms with Crippen LogP contribution in [0.2, 0.25) is 0 Å². The molecule has 0 aliphatic heterocycles. The molecule has 2 aliphatic carbocycles. The Morgan fingerprint density at radius 2 is 1.22 bits per heavy atom. The quantitative estimate of drug-likeness (QED) is 0.202. The number of benzene rings is 3. The van der Waals surface area contributed by atoms with Crippen molar-refractivity contribution in [1.29, 1.82) is 0 Å². The average molecular weight is 678 g/mol. The van der Waals surface area contributed by atoms with Gasteiger partial charge in [-0.3, -0.25) is 0 Å². The van der Waals surface area contributed by atoms with Crippen LogP contribution in [0.1, 0.15) is 137 Å². The van der Waals surface area contributed by atoms with E-state index in [1.165, 1.54) is 38.9 Å². The first kappa shape index (κ1) is 34.2. The molecule has 3 aromatic rings. The van der Waals surface area contributed by atoms with Crippen LogP contribution in [0.25, 0.3) is 11.1 Å². The van der Waals surface area contributed by atoms with Crippen LogP contribution in [0.4, 0.5) is 0 Å². The molecule has 0 saturated heterocycles. The number of allylic oxidation sites excluding steroid dienone is 4. The summed E-state index contributed by atoms with van der Waals surface area (Å²) in [5.41, 5.74) is 15.6. The molecule has 1 heteroatoms. The van der Waals surface area contributed by atoms with Crippen molar-refractivity contribution in [1.82, 2.24) is 0 Å². The molecule has 0 radical (unpaired) electrons. The maximum atomic E-state index is 2.79. The van der Waals surface area contributed by atoms with Gasteiger partial charge in [0.05, 0.1) is 0 Å². The van der Waals surface area contributed by atoms with Gasteiger partial charge in [0.1, 0.15) is 0 Å².